The second-order valence-electron chi connectivity index (χ2n) is 6.75. The van der Waals surface area contributed by atoms with Crippen molar-refractivity contribution in [3.63, 3.8) is 0 Å². The van der Waals surface area contributed by atoms with Crippen molar-refractivity contribution < 1.29 is 19.5 Å². The van der Waals surface area contributed by atoms with Crippen molar-refractivity contribution in [2.45, 2.75) is 59.5 Å². The molecule has 3 N–H and O–H groups in total. The van der Waals surface area contributed by atoms with Gasteiger partial charge in [0.25, 0.3) is 0 Å². The molecule has 0 aromatic heterocycles. The maximum absolute atomic E-state index is 12.1. The number of carboxylic acids is 1. The highest BCUT2D eigenvalue weighted by Gasteiger charge is 2.22. The zero-order valence-electron chi connectivity index (χ0n) is 14.1. The Balaban J connectivity index is 4.54. The highest BCUT2D eigenvalue weighted by molar-refractivity contribution is 7.99. The predicted molar refractivity (Wildman–Crippen MR) is 88.9 cm³/mol. The molecule has 22 heavy (non-hydrogen) atoms. The topological polar surface area (TPSA) is 95.5 Å². The van der Waals surface area contributed by atoms with Crippen LogP contribution < -0.4 is 10.6 Å². The maximum atomic E-state index is 12.1. The first-order chi connectivity index (χ1) is 10.0. The first kappa shape index (κ1) is 20.8. The summed E-state index contributed by atoms with van der Waals surface area (Å²) < 4.78 is 0. The highest BCUT2D eigenvalue weighted by Crippen LogP contribution is 2.20. The van der Waals surface area contributed by atoms with E-state index in [1.165, 1.54) is 0 Å². The number of carbonyl (C=O) groups excluding carboxylic acids is 2. The largest absolute Gasteiger partial charge is 0.481 e. The summed E-state index contributed by atoms with van der Waals surface area (Å²) >= 11 is 1.60. The van der Waals surface area contributed by atoms with Crippen LogP contribution in [0.4, 0.5) is 0 Å². The first-order valence-corrected chi connectivity index (χ1v) is 8.56. The molecule has 0 aliphatic heterocycles. The molecular weight excluding hydrogens is 304 g/mol. The van der Waals surface area contributed by atoms with Crippen LogP contribution in [-0.4, -0.2) is 46.5 Å². The van der Waals surface area contributed by atoms with Crippen LogP contribution in [0.5, 0.6) is 0 Å². The van der Waals surface area contributed by atoms with E-state index in [0.717, 1.165) is 5.75 Å². The Morgan fingerprint density at radius 2 is 1.68 bits per heavy atom. The quantitative estimate of drug-likeness (QED) is 0.596. The number of aliphatic carboxylic acids is 1. The fraction of sp³-hybridized carbons (Fsp3) is 0.800. The fourth-order valence-electron chi connectivity index (χ4n) is 1.54. The van der Waals surface area contributed by atoms with E-state index < -0.39 is 17.9 Å². The molecule has 1 atom stereocenters. The summed E-state index contributed by atoms with van der Waals surface area (Å²) in [6, 6.07) is -0.658. The van der Waals surface area contributed by atoms with Crippen LogP contribution in [0.3, 0.4) is 0 Å². The van der Waals surface area contributed by atoms with Gasteiger partial charge in [0.15, 0.2) is 0 Å². The van der Waals surface area contributed by atoms with Gasteiger partial charge in [-0.3, -0.25) is 14.4 Å². The summed E-state index contributed by atoms with van der Waals surface area (Å²) in [4.78, 5) is 34.4. The number of carbonyl (C=O) groups is 3. The molecule has 0 spiro atoms. The van der Waals surface area contributed by atoms with Gasteiger partial charge in [0.1, 0.15) is 6.04 Å². The summed E-state index contributed by atoms with van der Waals surface area (Å²) in [6.07, 6.45) is -0.357. The lowest BCUT2D eigenvalue weighted by Crippen LogP contribution is -2.50. The monoisotopic (exact) mass is 332 g/mol. The van der Waals surface area contributed by atoms with Gasteiger partial charge in [-0.25, -0.2) is 0 Å². The molecule has 6 nitrogen and oxygen atoms in total. The van der Waals surface area contributed by atoms with Gasteiger partial charge < -0.3 is 15.7 Å². The molecule has 0 rings (SSSR count). The van der Waals surface area contributed by atoms with E-state index in [1.54, 1.807) is 11.8 Å². The number of carboxylic acid groups (broad SMARTS) is 1. The summed E-state index contributed by atoms with van der Waals surface area (Å²) in [5, 5.41) is 14.0. The van der Waals surface area contributed by atoms with Crippen molar-refractivity contribution in [2.24, 2.45) is 5.41 Å². The molecule has 128 valence electrons. The SMILES string of the molecule is CC(C)NC(=O)[C@H](CSCC(C)(C)C)NC(=O)CCC(=O)O. The molecule has 0 saturated heterocycles. The van der Waals surface area contributed by atoms with Crippen molar-refractivity contribution >= 4 is 29.5 Å². The van der Waals surface area contributed by atoms with Gasteiger partial charge in [0, 0.05) is 18.2 Å². The number of hydrogen-bond acceptors (Lipinski definition) is 4. The highest BCUT2D eigenvalue weighted by atomic mass is 32.2. The van der Waals surface area contributed by atoms with Gasteiger partial charge in [-0.1, -0.05) is 20.8 Å². The van der Waals surface area contributed by atoms with E-state index in [4.69, 9.17) is 5.11 Å². The Bertz CT molecular complexity index is 391. The normalized spacial score (nSPS) is 12.8. The second-order valence-corrected chi connectivity index (χ2v) is 7.78. The van der Waals surface area contributed by atoms with Crippen LogP contribution >= 0.6 is 11.8 Å². The van der Waals surface area contributed by atoms with E-state index in [-0.39, 0.29) is 30.2 Å². The molecule has 0 aromatic rings. The van der Waals surface area contributed by atoms with Gasteiger partial charge in [0.05, 0.1) is 6.42 Å². The summed E-state index contributed by atoms with van der Waals surface area (Å²) in [7, 11) is 0. The van der Waals surface area contributed by atoms with E-state index in [1.807, 2.05) is 13.8 Å². The van der Waals surface area contributed by atoms with Gasteiger partial charge in [0.2, 0.25) is 11.8 Å². The van der Waals surface area contributed by atoms with Crippen LogP contribution in [-0.2, 0) is 14.4 Å². The number of rotatable bonds is 9. The van der Waals surface area contributed by atoms with Crippen LogP contribution in [0.25, 0.3) is 0 Å². The maximum Gasteiger partial charge on any atom is 0.303 e. The first-order valence-electron chi connectivity index (χ1n) is 7.40. The standard InChI is InChI=1S/C15H28N2O4S/c1-10(2)16-14(21)11(8-22-9-15(3,4)5)17-12(18)6-7-13(19)20/h10-11H,6-9H2,1-5H3,(H,16,21)(H,17,18)(H,19,20)/t11-/m0/s1. The van der Waals surface area contributed by atoms with Crippen LogP contribution in [0, 0.1) is 5.41 Å². The number of amides is 2. The zero-order chi connectivity index (χ0) is 17.3. The molecule has 0 heterocycles. The predicted octanol–water partition coefficient (Wildman–Crippen LogP) is 1.64. The van der Waals surface area contributed by atoms with E-state index in [2.05, 4.69) is 31.4 Å². The average molecular weight is 332 g/mol. The van der Waals surface area contributed by atoms with Gasteiger partial charge in [-0.05, 0) is 25.0 Å². The zero-order valence-corrected chi connectivity index (χ0v) is 14.9. The van der Waals surface area contributed by atoms with E-state index in [9.17, 15) is 14.4 Å². The summed E-state index contributed by atoms with van der Waals surface area (Å²) in [5.41, 5.74) is 0.136. The molecule has 2 amide bonds. The molecule has 0 aliphatic carbocycles. The molecule has 7 heteroatoms. The van der Waals surface area contributed by atoms with Crippen molar-refractivity contribution in [1.29, 1.82) is 0 Å². The Labute approximate surface area is 136 Å². The van der Waals surface area contributed by atoms with Crippen LogP contribution in [0.1, 0.15) is 47.5 Å². The Kier molecular flexibility index (Phi) is 9.16. The molecule has 0 bridgehead atoms. The molecule has 0 radical (unpaired) electrons. The molecule has 0 aliphatic rings. The van der Waals surface area contributed by atoms with Crippen molar-refractivity contribution in [1.82, 2.24) is 10.6 Å². The number of thioether (sulfide) groups is 1. The minimum absolute atomic E-state index is 0.0152. The third-order valence-electron chi connectivity index (χ3n) is 2.47. The van der Waals surface area contributed by atoms with Crippen molar-refractivity contribution in [3.8, 4) is 0 Å². The Morgan fingerprint density at radius 3 is 2.14 bits per heavy atom. The average Bonchev–Trinajstić information content (AvgIpc) is 2.32. The fourth-order valence-corrected chi connectivity index (χ4v) is 2.74. The number of nitrogens with one attached hydrogen (secondary N) is 2. The lowest BCUT2D eigenvalue weighted by Gasteiger charge is -2.22. The third-order valence-corrected chi connectivity index (χ3v) is 4.11. The van der Waals surface area contributed by atoms with Gasteiger partial charge in [-0.2, -0.15) is 11.8 Å². The van der Waals surface area contributed by atoms with Gasteiger partial charge in [-0.15, -0.1) is 0 Å². The van der Waals surface area contributed by atoms with E-state index in [0.29, 0.717) is 5.75 Å². The summed E-state index contributed by atoms with van der Waals surface area (Å²) in [6.45, 7) is 10.0. The minimum atomic E-state index is -1.03. The smallest absolute Gasteiger partial charge is 0.303 e. The van der Waals surface area contributed by atoms with Gasteiger partial charge >= 0.3 is 5.97 Å². The van der Waals surface area contributed by atoms with Crippen LogP contribution in [0.2, 0.25) is 0 Å². The second kappa shape index (κ2) is 9.71. The number of hydrogen-bond donors (Lipinski definition) is 3. The molecule has 0 unspecified atom stereocenters. The lowest BCUT2D eigenvalue weighted by molar-refractivity contribution is -0.139. The van der Waals surface area contributed by atoms with Crippen molar-refractivity contribution in [2.75, 3.05) is 11.5 Å². The molecule has 0 fully saturated rings. The van der Waals surface area contributed by atoms with Crippen LogP contribution in [0.15, 0.2) is 0 Å². The van der Waals surface area contributed by atoms with E-state index >= 15 is 0 Å². The van der Waals surface area contributed by atoms with Crippen molar-refractivity contribution in [3.05, 3.63) is 0 Å². The minimum Gasteiger partial charge on any atom is -0.481 e. The Morgan fingerprint density at radius 1 is 1.09 bits per heavy atom. The molecule has 0 aromatic carbocycles. The molecular formula is C15H28N2O4S. The third kappa shape index (κ3) is 11.4. The lowest BCUT2D eigenvalue weighted by atomic mass is 10.0. The molecule has 0 saturated carbocycles. The Hall–Kier alpha value is -1.24. The summed E-state index contributed by atoms with van der Waals surface area (Å²) in [5.74, 6) is -0.346.